The Balaban J connectivity index is 1.41. The number of amides is 4. The van der Waals surface area contributed by atoms with E-state index in [2.05, 4.69) is 10.6 Å². The standard InChI is InChI=1S/C21H26FN3O5/c1-14-4-2-3-10-21(14)19(28)25(20(29)24-21)12-18(27)30-13-17(26)23-11-9-15-5-7-16(22)8-6-15/h5-8,14H,2-4,9-13H2,1H3,(H,23,26)(H,24,29)/t14-,21-/m1/s1. The monoisotopic (exact) mass is 419 g/mol. The number of urea groups is 1. The summed E-state index contributed by atoms with van der Waals surface area (Å²) in [5.41, 5.74) is -0.0778. The number of nitrogens with one attached hydrogen (secondary N) is 2. The summed E-state index contributed by atoms with van der Waals surface area (Å²) >= 11 is 0. The van der Waals surface area contributed by atoms with Crippen molar-refractivity contribution in [2.45, 2.75) is 44.6 Å². The van der Waals surface area contributed by atoms with Crippen LogP contribution < -0.4 is 10.6 Å². The number of hydrogen-bond acceptors (Lipinski definition) is 5. The number of nitrogens with zero attached hydrogens (tertiary/aromatic N) is 1. The average Bonchev–Trinajstić information content (AvgIpc) is 2.95. The largest absolute Gasteiger partial charge is 0.454 e. The molecule has 1 aliphatic carbocycles. The van der Waals surface area contributed by atoms with Crippen LogP contribution in [0.3, 0.4) is 0 Å². The van der Waals surface area contributed by atoms with Gasteiger partial charge in [0, 0.05) is 6.54 Å². The third kappa shape index (κ3) is 4.77. The van der Waals surface area contributed by atoms with Crippen LogP contribution >= 0.6 is 0 Å². The van der Waals surface area contributed by atoms with Gasteiger partial charge in [-0.3, -0.25) is 19.3 Å². The summed E-state index contributed by atoms with van der Waals surface area (Å²) < 4.78 is 17.8. The molecule has 3 rings (SSSR count). The number of carbonyl (C=O) groups excluding carboxylic acids is 4. The molecule has 1 saturated carbocycles. The molecular formula is C21H26FN3O5. The number of hydrogen-bond donors (Lipinski definition) is 2. The molecule has 1 saturated heterocycles. The maximum Gasteiger partial charge on any atom is 0.326 e. The van der Waals surface area contributed by atoms with Gasteiger partial charge >= 0.3 is 12.0 Å². The zero-order chi connectivity index (χ0) is 21.7. The molecule has 4 amide bonds. The van der Waals surface area contributed by atoms with Crippen molar-refractivity contribution in [3.05, 3.63) is 35.6 Å². The number of rotatable bonds is 7. The van der Waals surface area contributed by atoms with Crippen molar-refractivity contribution in [1.82, 2.24) is 15.5 Å². The highest BCUT2D eigenvalue weighted by atomic mass is 19.1. The fourth-order valence-corrected chi connectivity index (χ4v) is 4.01. The Kier molecular flexibility index (Phi) is 6.69. The minimum atomic E-state index is -0.937. The first kappa shape index (κ1) is 21.7. The van der Waals surface area contributed by atoms with Gasteiger partial charge in [-0.2, -0.15) is 0 Å². The van der Waals surface area contributed by atoms with E-state index in [9.17, 15) is 23.6 Å². The molecule has 0 radical (unpaired) electrons. The van der Waals surface area contributed by atoms with Crippen molar-refractivity contribution in [2.24, 2.45) is 5.92 Å². The predicted molar refractivity (Wildman–Crippen MR) is 105 cm³/mol. The molecule has 1 spiro atoms. The topological polar surface area (TPSA) is 105 Å². The molecule has 1 aromatic carbocycles. The minimum absolute atomic E-state index is 0.00407. The van der Waals surface area contributed by atoms with E-state index >= 15 is 0 Å². The Labute approximate surface area is 174 Å². The van der Waals surface area contributed by atoms with Gasteiger partial charge in [-0.05, 0) is 42.9 Å². The van der Waals surface area contributed by atoms with Crippen LogP contribution in [0, 0.1) is 11.7 Å². The molecule has 1 heterocycles. The van der Waals surface area contributed by atoms with Crippen LogP contribution in [0.15, 0.2) is 24.3 Å². The van der Waals surface area contributed by atoms with E-state index in [1.165, 1.54) is 12.1 Å². The van der Waals surface area contributed by atoms with Gasteiger partial charge in [-0.25, -0.2) is 9.18 Å². The fraction of sp³-hybridized carbons (Fsp3) is 0.524. The average molecular weight is 419 g/mol. The molecule has 2 N–H and O–H groups in total. The number of imide groups is 1. The van der Waals surface area contributed by atoms with Gasteiger partial charge < -0.3 is 15.4 Å². The molecule has 9 heteroatoms. The highest BCUT2D eigenvalue weighted by Gasteiger charge is 2.55. The van der Waals surface area contributed by atoms with Crippen LogP contribution in [0.2, 0.25) is 0 Å². The Morgan fingerprint density at radius 2 is 2.00 bits per heavy atom. The van der Waals surface area contributed by atoms with E-state index in [4.69, 9.17) is 4.74 Å². The highest BCUT2D eigenvalue weighted by molar-refractivity contribution is 6.09. The van der Waals surface area contributed by atoms with Crippen LogP contribution in [0.1, 0.15) is 38.2 Å². The van der Waals surface area contributed by atoms with Crippen molar-refractivity contribution in [3.8, 4) is 0 Å². The van der Waals surface area contributed by atoms with Gasteiger partial charge in [0.15, 0.2) is 6.61 Å². The molecule has 0 bridgehead atoms. The van der Waals surface area contributed by atoms with Crippen molar-refractivity contribution < 1.29 is 28.3 Å². The quantitative estimate of drug-likeness (QED) is 0.515. The zero-order valence-corrected chi connectivity index (χ0v) is 16.9. The minimum Gasteiger partial charge on any atom is -0.454 e. The van der Waals surface area contributed by atoms with E-state index < -0.39 is 42.5 Å². The molecule has 2 aliphatic rings. The van der Waals surface area contributed by atoms with Gasteiger partial charge in [0.1, 0.15) is 17.9 Å². The highest BCUT2D eigenvalue weighted by Crippen LogP contribution is 2.38. The lowest BCUT2D eigenvalue weighted by molar-refractivity contribution is -0.151. The van der Waals surface area contributed by atoms with Gasteiger partial charge in [0.25, 0.3) is 11.8 Å². The van der Waals surface area contributed by atoms with Gasteiger partial charge in [0.05, 0.1) is 0 Å². The first-order valence-electron chi connectivity index (χ1n) is 10.1. The number of carbonyl (C=O) groups is 4. The molecule has 2 fully saturated rings. The van der Waals surface area contributed by atoms with Crippen LogP contribution in [0.4, 0.5) is 9.18 Å². The molecule has 1 aliphatic heterocycles. The van der Waals surface area contributed by atoms with Crippen LogP contribution in [0.5, 0.6) is 0 Å². The third-order valence-corrected chi connectivity index (χ3v) is 5.80. The van der Waals surface area contributed by atoms with Crippen molar-refractivity contribution in [3.63, 3.8) is 0 Å². The van der Waals surface area contributed by atoms with E-state index in [1.54, 1.807) is 12.1 Å². The van der Waals surface area contributed by atoms with Crippen molar-refractivity contribution in [2.75, 3.05) is 19.7 Å². The maximum absolute atomic E-state index is 12.9. The molecule has 1 aromatic rings. The second-order valence-corrected chi connectivity index (χ2v) is 7.83. The number of halogens is 1. The molecule has 162 valence electrons. The Hall–Kier alpha value is -2.97. The van der Waals surface area contributed by atoms with E-state index in [0.29, 0.717) is 19.4 Å². The van der Waals surface area contributed by atoms with E-state index in [0.717, 1.165) is 29.7 Å². The normalized spacial score (nSPS) is 23.4. The third-order valence-electron chi connectivity index (χ3n) is 5.80. The summed E-state index contributed by atoms with van der Waals surface area (Å²) in [5, 5.41) is 5.36. The molecular weight excluding hydrogens is 393 g/mol. The van der Waals surface area contributed by atoms with Crippen LogP contribution in [-0.4, -0.2) is 54.0 Å². The Morgan fingerprint density at radius 1 is 1.27 bits per heavy atom. The lowest BCUT2D eigenvalue weighted by Gasteiger charge is -2.36. The Morgan fingerprint density at radius 3 is 2.70 bits per heavy atom. The number of esters is 1. The van der Waals surface area contributed by atoms with Crippen LogP contribution in [-0.2, 0) is 25.5 Å². The van der Waals surface area contributed by atoms with Gasteiger partial charge in [-0.1, -0.05) is 31.9 Å². The SMILES string of the molecule is C[C@@H]1CCCC[C@@]12NC(=O)N(CC(=O)OCC(=O)NCCc1ccc(F)cc1)C2=O. The summed E-state index contributed by atoms with van der Waals surface area (Å²) in [6, 6.07) is 5.33. The molecule has 0 aromatic heterocycles. The molecule has 8 nitrogen and oxygen atoms in total. The zero-order valence-electron chi connectivity index (χ0n) is 16.9. The molecule has 30 heavy (non-hydrogen) atoms. The van der Waals surface area contributed by atoms with Crippen LogP contribution in [0.25, 0.3) is 0 Å². The predicted octanol–water partition coefficient (Wildman–Crippen LogP) is 1.53. The second-order valence-electron chi connectivity index (χ2n) is 7.83. The summed E-state index contributed by atoms with van der Waals surface area (Å²) in [5.74, 6) is -2.06. The van der Waals surface area contributed by atoms with Crippen molar-refractivity contribution in [1.29, 1.82) is 0 Å². The van der Waals surface area contributed by atoms with Gasteiger partial charge in [0.2, 0.25) is 0 Å². The van der Waals surface area contributed by atoms with E-state index in [1.807, 2.05) is 6.92 Å². The smallest absolute Gasteiger partial charge is 0.326 e. The summed E-state index contributed by atoms with van der Waals surface area (Å²) in [7, 11) is 0. The second kappa shape index (κ2) is 9.23. The fourth-order valence-electron chi connectivity index (χ4n) is 4.01. The summed E-state index contributed by atoms with van der Waals surface area (Å²) in [6.45, 7) is 1.19. The van der Waals surface area contributed by atoms with Gasteiger partial charge in [-0.15, -0.1) is 0 Å². The first-order chi connectivity index (χ1) is 14.3. The van der Waals surface area contributed by atoms with E-state index in [-0.39, 0.29) is 11.7 Å². The maximum atomic E-state index is 12.9. The first-order valence-corrected chi connectivity index (χ1v) is 10.1. The summed E-state index contributed by atoms with van der Waals surface area (Å²) in [6.07, 6.45) is 3.74. The van der Waals surface area contributed by atoms with Crippen molar-refractivity contribution >= 4 is 23.8 Å². The molecule has 0 unspecified atom stereocenters. The number of ether oxygens (including phenoxy) is 1. The number of benzene rings is 1. The lowest BCUT2D eigenvalue weighted by atomic mass is 9.73. The molecule has 2 atom stereocenters. The summed E-state index contributed by atoms with van der Waals surface area (Å²) in [4.78, 5) is 49.8. The Bertz CT molecular complexity index is 828. The lowest BCUT2D eigenvalue weighted by Crippen LogP contribution is -2.54.